The molecule has 6 heteroatoms. The van der Waals surface area contributed by atoms with Gasteiger partial charge in [-0.25, -0.2) is 4.79 Å². The minimum atomic E-state index is -0.679. The van der Waals surface area contributed by atoms with E-state index in [0.717, 1.165) is 5.75 Å². The fourth-order valence-electron chi connectivity index (χ4n) is 0.580. The van der Waals surface area contributed by atoms with Crippen molar-refractivity contribution in [1.29, 1.82) is 0 Å². The van der Waals surface area contributed by atoms with Crippen LogP contribution in [0.3, 0.4) is 0 Å². The standard InChI is InChI=1S/C7H13NO3S.K.H/c1-5(9)11-7(10)6(8)3-4-12-2;;/h6H,3-4,8H2,1-2H3;;/q;+1;-1/t6-;;/m0../s1. The monoisotopic (exact) mass is 231 g/mol. The summed E-state index contributed by atoms with van der Waals surface area (Å²) in [5.74, 6) is -0.468. The Morgan fingerprint density at radius 2 is 2.15 bits per heavy atom. The summed E-state index contributed by atoms with van der Waals surface area (Å²) in [5.41, 5.74) is 5.41. The molecule has 0 saturated heterocycles. The summed E-state index contributed by atoms with van der Waals surface area (Å²) in [7, 11) is 0. The van der Waals surface area contributed by atoms with Gasteiger partial charge in [0.25, 0.3) is 0 Å². The average molecular weight is 231 g/mol. The molecule has 72 valence electrons. The fourth-order valence-corrected chi connectivity index (χ4v) is 1.07. The summed E-state index contributed by atoms with van der Waals surface area (Å²) < 4.78 is 4.30. The van der Waals surface area contributed by atoms with E-state index >= 15 is 0 Å². The third-order valence-electron chi connectivity index (χ3n) is 1.18. The molecule has 0 rings (SSSR count). The Balaban J connectivity index is -0.000000605. The predicted octanol–water partition coefficient (Wildman–Crippen LogP) is -2.73. The van der Waals surface area contributed by atoms with Gasteiger partial charge in [-0.3, -0.25) is 4.79 Å². The van der Waals surface area contributed by atoms with Crippen LogP contribution in [0, 0.1) is 0 Å². The van der Waals surface area contributed by atoms with Gasteiger partial charge in [-0.1, -0.05) is 0 Å². The molecule has 0 aliphatic carbocycles. The smallest absolute Gasteiger partial charge is 1.00 e. The Hall–Kier alpha value is 1.09. The van der Waals surface area contributed by atoms with Crippen LogP contribution in [0.25, 0.3) is 0 Å². The van der Waals surface area contributed by atoms with E-state index in [1.165, 1.54) is 6.92 Å². The molecule has 0 aromatic carbocycles. The zero-order chi connectivity index (χ0) is 9.56. The Kier molecular flexibility index (Phi) is 12.2. The normalized spacial score (nSPS) is 11.3. The molecule has 0 aliphatic heterocycles. The molecule has 0 bridgehead atoms. The van der Waals surface area contributed by atoms with E-state index in [-0.39, 0.29) is 52.8 Å². The average Bonchev–Trinajstić information content (AvgIpc) is 1.98. The first-order valence-corrected chi connectivity index (χ1v) is 4.94. The number of rotatable bonds is 4. The molecule has 0 spiro atoms. The van der Waals surface area contributed by atoms with Crippen molar-refractivity contribution in [3.8, 4) is 0 Å². The van der Waals surface area contributed by atoms with Crippen LogP contribution in [-0.2, 0) is 14.3 Å². The maximum atomic E-state index is 10.9. The largest absolute Gasteiger partial charge is 1.00 e. The van der Waals surface area contributed by atoms with Crippen LogP contribution < -0.4 is 57.1 Å². The van der Waals surface area contributed by atoms with Crippen molar-refractivity contribution in [1.82, 2.24) is 0 Å². The van der Waals surface area contributed by atoms with E-state index in [9.17, 15) is 9.59 Å². The van der Waals surface area contributed by atoms with Gasteiger partial charge in [0.2, 0.25) is 0 Å². The number of esters is 2. The Morgan fingerprint density at radius 3 is 2.54 bits per heavy atom. The summed E-state index contributed by atoms with van der Waals surface area (Å²) in [6, 6.07) is -0.679. The molecule has 1 atom stereocenters. The molecular weight excluding hydrogens is 217 g/mol. The van der Waals surface area contributed by atoms with Gasteiger partial charge >= 0.3 is 63.3 Å². The van der Waals surface area contributed by atoms with Crippen molar-refractivity contribution < 1.29 is 67.1 Å². The van der Waals surface area contributed by atoms with Gasteiger partial charge in [0.15, 0.2) is 0 Å². The van der Waals surface area contributed by atoms with Gasteiger partial charge < -0.3 is 11.9 Å². The quantitative estimate of drug-likeness (QED) is 0.323. The SMILES string of the molecule is CSCC[C@H](N)C(=O)OC(C)=O.[H-].[K+]. The van der Waals surface area contributed by atoms with Crippen molar-refractivity contribution in [3.63, 3.8) is 0 Å². The topological polar surface area (TPSA) is 69.4 Å². The van der Waals surface area contributed by atoms with Gasteiger partial charge in [0.05, 0.1) is 0 Å². The zero-order valence-corrected chi connectivity index (χ0v) is 12.1. The van der Waals surface area contributed by atoms with E-state index in [2.05, 4.69) is 4.74 Å². The summed E-state index contributed by atoms with van der Waals surface area (Å²) >= 11 is 1.59. The summed E-state index contributed by atoms with van der Waals surface area (Å²) in [6.07, 6.45) is 2.45. The third-order valence-corrected chi connectivity index (χ3v) is 1.82. The molecule has 0 aromatic rings. The second-order valence-electron chi connectivity index (χ2n) is 2.30. The Labute approximate surface area is 126 Å². The first-order valence-electron chi connectivity index (χ1n) is 3.54. The molecule has 0 aromatic heterocycles. The summed E-state index contributed by atoms with van der Waals surface area (Å²) in [5, 5.41) is 0. The first kappa shape index (κ1) is 16.5. The van der Waals surface area contributed by atoms with E-state index in [4.69, 9.17) is 5.73 Å². The number of carbonyl (C=O) groups is 2. The van der Waals surface area contributed by atoms with Crippen LogP contribution in [0.4, 0.5) is 0 Å². The van der Waals surface area contributed by atoms with Crippen molar-refractivity contribution in [3.05, 3.63) is 0 Å². The second-order valence-corrected chi connectivity index (χ2v) is 3.29. The van der Waals surface area contributed by atoms with Crippen LogP contribution >= 0.6 is 11.8 Å². The van der Waals surface area contributed by atoms with E-state index in [1.54, 1.807) is 11.8 Å². The summed E-state index contributed by atoms with van der Waals surface area (Å²) in [4.78, 5) is 21.2. The molecule has 0 unspecified atom stereocenters. The maximum absolute atomic E-state index is 10.9. The van der Waals surface area contributed by atoms with Gasteiger partial charge in [0.1, 0.15) is 6.04 Å². The molecule has 0 fully saturated rings. The van der Waals surface area contributed by atoms with Gasteiger partial charge in [-0.15, -0.1) is 0 Å². The Bertz CT molecular complexity index is 182. The van der Waals surface area contributed by atoms with E-state index in [1.807, 2.05) is 6.26 Å². The molecule has 0 radical (unpaired) electrons. The second kappa shape index (κ2) is 9.63. The molecule has 0 saturated carbocycles. The van der Waals surface area contributed by atoms with Crippen LogP contribution in [0.5, 0.6) is 0 Å². The number of nitrogens with two attached hydrogens (primary N) is 1. The van der Waals surface area contributed by atoms with Crippen LogP contribution in [-0.4, -0.2) is 30.0 Å². The molecule has 13 heavy (non-hydrogen) atoms. The Morgan fingerprint density at radius 1 is 1.62 bits per heavy atom. The number of carbonyl (C=O) groups excluding carboxylic acids is 2. The molecule has 4 nitrogen and oxygen atoms in total. The van der Waals surface area contributed by atoms with Crippen molar-refractivity contribution >= 4 is 23.7 Å². The minimum absolute atomic E-state index is 0. The first-order chi connectivity index (χ1) is 5.57. The molecular formula is C7H14KNO3S. The third kappa shape index (κ3) is 9.39. The molecule has 0 amide bonds. The van der Waals surface area contributed by atoms with Crippen LogP contribution in [0.15, 0.2) is 0 Å². The number of ether oxygens (including phenoxy) is 1. The maximum Gasteiger partial charge on any atom is 1.00 e. The number of thioether (sulfide) groups is 1. The molecule has 0 aliphatic rings. The number of hydrogen-bond acceptors (Lipinski definition) is 5. The van der Waals surface area contributed by atoms with Gasteiger partial charge in [-0.2, -0.15) is 11.8 Å². The van der Waals surface area contributed by atoms with E-state index in [0.29, 0.717) is 6.42 Å². The minimum Gasteiger partial charge on any atom is -1.00 e. The zero-order valence-electron chi connectivity index (χ0n) is 9.20. The summed E-state index contributed by atoms with van der Waals surface area (Å²) in [6.45, 7) is 1.18. The predicted molar refractivity (Wildman–Crippen MR) is 48.9 cm³/mol. The van der Waals surface area contributed by atoms with Crippen LogP contribution in [0.2, 0.25) is 0 Å². The molecule has 0 heterocycles. The van der Waals surface area contributed by atoms with Gasteiger partial charge in [-0.05, 0) is 18.4 Å². The van der Waals surface area contributed by atoms with Gasteiger partial charge in [0, 0.05) is 6.92 Å². The van der Waals surface area contributed by atoms with E-state index < -0.39 is 18.0 Å². The van der Waals surface area contributed by atoms with Crippen LogP contribution in [0.1, 0.15) is 14.8 Å². The van der Waals surface area contributed by atoms with Crippen molar-refractivity contribution in [2.75, 3.05) is 12.0 Å². The number of hydrogen-bond donors (Lipinski definition) is 1. The van der Waals surface area contributed by atoms with Crippen molar-refractivity contribution in [2.24, 2.45) is 5.73 Å². The van der Waals surface area contributed by atoms with Crippen molar-refractivity contribution in [2.45, 2.75) is 19.4 Å². The fraction of sp³-hybridized carbons (Fsp3) is 0.714. The molecule has 2 N–H and O–H groups in total.